The van der Waals surface area contributed by atoms with Crippen LogP contribution in [0.15, 0.2) is 48.7 Å². The summed E-state index contributed by atoms with van der Waals surface area (Å²) in [6, 6.07) is 14.2. The molecule has 23 heavy (non-hydrogen) atoms. The largest absolute Gasteiger partial charge is 0.487 e. The van der Waals surface area contributed by atoms with E-state index in [-0.39, 0.29) is 0 Å². The maximum absolute atomic E-state index is 9.00. The van der Waals surface area contributed by atoms with Gasteiger partial charge >= 0.3 is 0 Å². The summed E-state index contributed by atoms with van der Waals surface area (Å²) >= 11 is 0. The van der Waals surface area contributed by atoms with Gasteiger partial charge in [0.2, 0.25) is 0 Å². The normalized spacial score (nSPS) is 13.2. The topological polar surface area (TPSA) is 62.7 Å². The van der Waals surface area contributed by atoms with Gasteiger partial charge in [-0.1, -0.05) is 30.3 Å². The Bertz CT molecular complexity index is 589. The summed E-state index contributed by atoms with van der Waals surface area (Å²) < 4.78 is 5.73. The summed E-state index contributed by atoms with van der Waals surface area (Å²) in [6.45, 7) is 3.92. The van der Waals surface area contributed by atoms with Crippen LogP contribution in [0.2, 0.25) is 0 Å². The highest BCUT2D eigenvalue weighted by Crippen LogP contribution is 2.20. The SMILES string of the molecule is CC(=O)O.c1ccc(COc2ccc(N3CCCC3)nc2)cc1. The lowest BCUT2D eigenvalue weighted by atomic mass is 10.2. The van der Waals surface area contributed by atoms with Gasteiger partial charge in [0, 0.05) is 20.0 Å². The number of aliphatic carboxylic acids is 1. The van der Waals surface area contributed by atoms with Gasteiger partial charge in [0.1, 0.15) is 18.2 Å². The number of carboxylic acid groups (broad SMARTS) is 1. The minimum Gasteiger partial charge on any atom is -0.487 e. The molecule has 0 amide bonds. The van der Waals surface area contributed by atoms with Crippen molar-refractivity contribution < 1.29 is 14.6 Å². The molecule has 1 aliphatic heterocycles. The molecule has 1 aliphatic rings. The zero-order chi connectivity index (χ0) is 16.5. The molecular formula is C18H22N2O3. The van der Waals surface area contributed by atoms with E-state index in [0.29, 0.717) is 6.61 Å². The Hall–Kier alpha value is -2.56. The minimum atomic E-state index is -0.833. The second-order valence-corrected chi connectivity index (χ2v) is 5.34. The molecule has 1 aromatic heterocycles. The highest BCUT2D eigenvalue weighted by atomic mass is 16.5. The van der Waals surface area contributed by atoms with Gasteiger partial charge in [0.25, 0.3) is 5.97 Å². The van der Waals surface area contributed by atoms with Crippen LogP contribution in [0.4, 0.5) is 5.82 Å². The van der Waals surface area contributed by atoms with Crippen molar-refractivity contribution in [2.75, 3.05) is 18.0 Å². The van der Waals surface area contributed by atoms with Gasteiger partial charge in [-0.15, -0.1) is 0 Å². The molecule has 0 bridgehead atoms. The first-order valence-electron chi connectivity index (χ1n) is 7.72. The van der Waals surface area contributed by atoms with Gasteiger partial charge in [-0.3, -0.25) is 4.79 Å². The van der Waals surface area contributed by atoms with Gasteiger partial charge in [-0.05, 0) is 30.5 Å². The number of hydrogen-bond acceptors (Lipinski definition) is 4. The lowest BCUT2D eigenvalue weighted by Crippen LogP contribution is -2.18. The standard InChI is InChI=1S/C16H18N2O.C2H4O2/c1-2-6-14(7-3-1)13-19-15-8-9-16(17-12-15)18-10-4-5-11-18;1-2(3)4/h1-3,6-9,12H,4-5,10-11,13H2;1H3,(H,3,4). The second kappa shape index (κ2) is 8.78. The summed E-state index contributed by atoms with van der Waals surface area (Å²) in [5, 5.41) is 7.42. The van der Waals surface area contributed by atoms with Crippen LogP contribution < -0.4 is 9.64 Å². The number of anilines is 1. The van der Waals surface area contributed by atoms with Gasteiger partial charge in [0.15, 0.2) is 0 Å². The van der Waals surface area contributed by atoms with E-state index in [9.17, 15) is 0 Å². The van der Waals surface area contributed by atoms with Crippen LogP contribution in [0.1, 0.15) is 25.3 Å². The number of carbonyl (C=O) groups is 1. The minimum absolute atomic E-state index is 0.589. The van der Waals surface area contributed by atoms with Crippen molar-refractivity contribution in [3.8, 4) is 5.75 Å². The Kier molecular flexibility index (Phi) is 6.41. The summed E-state index contributed by atoms with van der Waals surface area (Å²) in [4.78, 5) is 15.8. The quantitative estimate of drug-likeness (QED) is 0.937. The molecule has 122 valence electrons. The van der Waals surface area contributed by atoms with Crippen molar-refractivity contribution in [2.45, 2.75) is 26.4 Å². The molecule has 1 fully saturated rings. The lowest BCUT2D eigenvalue weighted by Gasteiger charge is -2.16. The molecule has 0 saturated carbocycles. The molecule has 1 aromatic carbocycles. The van der Waals surface area contributed by atoms with Gasteiger partial charge in [-0.25, -0.2) is 4.98 Å². The highest BCUT2D eigenvalue weighted by Gasteiger charge is 2.12. The van der Waals surface area contributed by atoms with E-state index >= 15 is 0 Å². The molecule has 5 heteroatoms. The Morgan fingerprint density at radius 1 is 1.17 bits per heavy atom. The van der Waals surface area contributed by atoms with Gasteiger partial charge < -0.3 is 14.7 Å². The molecule has 0 atom stereocenters. The summed E-state index contributed by atoms with van der Waals surface area (Å²) in [7, 11) is 0. The first kappa shape index (κ1) is 16.8. The average Bonchev–Trinajstić information content (AvgIpc) is 3.08. The highest BCUT2D eigenvalue weighted by molar-refractivity contribution is 5.62. The fourth-order valence-corrected chi connectivity index (χ4v) is 2.33. The molecule has 5 nitrogen and oxygen atoms in total. The van der Waals surface area contributed by atoms with Gasteiger partial charge in [-0.2, -0.15) is 0 Å². The smallest absolute Gasteiger partial charge is 0.300 e. The van der Waals surface area contributed by atoms with E-state index in [4.69, 9.17) is 14.6 Å². The zero-order valence-electron chi connectivity index (χ0n) is 13.3. The third-order valence-electron chi connectivity index (χ3n) is 3.40. The number of benzene rings is 1. The molecule has 0 aliphatic carbocycles. The fraction of sp³-hybridized carbons (Fsp3) is 0.333. The Labute approximate surface area is 136 Å². The molecule has 2 heterocycles. The molecule has 0 spiro atoms. The van der Waals surface area contributed by atoms with Crippen molar-refractivity contribution in [2.24, 2.45) is 0 Å². The molecule has 0 unspecified atom stereocenters. The lowest BCUT2D eigenvalue weighted by molar-refractivity contribution is -0.134. The first-order chi connectivity index (χ1) is 11.1. The predicted octanol–water partition coefficient (Wildman–Crippen LogP) is 3.35. The Morgan fingerprint density at radius 2 is 1.83 bits per heavy atom. The molecule has 3 rings (SSSR count). The number of carboxylic acids is 1. The molecule has 0 radical (unpaired) electrons. The van der Waals surface area contributed by atoms with E-state index in [2.05, 4.69) is 22.0 Å². The van der Waals surface area contributed by atoms with E-state index < -0.39 is 5.97 Å². The first-order valence-corrected chi connectivity index (χ1v) is 7.72. The molecule has 1 saturated heterocycles. The summed E-state index contributed by atoms with van der Waals surface area (Å²) in [5.41, 5.74) is 1.17. The summed E-state index contributed by atoms with van der Waals surface area (Å²) in [6.07, 6.45) is 4.36. The monoisotopic (exact) mass is 314 g/mol. The third-order valence-corrected chi connectivity index (χ3v) is 3.40. The van der Waals surface area contributed by atoms with Gasteiger partial charge in [0.05, 0.1) is 6.20 Å². The molecule has 1 N–H and O–H groups in total. The number of aromatic nitrogens is 1. The van der Waals surface area contributed by atoms with Crippen LogP contribution in [0.5, 0.6) is 5.75 Å². The van der Waals surface area contributed by atoms with E-state index in [0.717, 1.165) is 31.6 Å². The number of nitrogens with zero attached hydrogens (tertiary/aromatic N) is 2. The van der Waals surface area contributed by atoms with Crippen molar-refractivity contribution in [1.29, 1.82) is 0 Å². The maximum Gasteiger partial charge on any atom is 0.300 e. The van der Waals surface area contributed by atoms with Crippen LogP contribution in [-0.2, 0) is 11.4 Å². The van der Waals surface area contributed by atoms with E-state index in [1.54, 1.807) is 0 Å². The number of rotatable bonds is 4. The Balaban J connectivity index is 0.000000433. The van der Waals surface area contributed by atoms with Crippen LogP contribution in [0.25, 0.3) is 0 Å². The average molecular weight is 314 g/mol. The number of ether oxygens (including phenoxy) is 1. The van der Waals surface area contributed by atoms with Crippen LogP contribution in [0.3, 0.4) is 0 Å². The van der Waals surface area contributed by atoms with Crippen molar-refractivity contribution >= 4 is 11.8 Å². The Morgan fingerprint density at radius 3 is 2.39 bits per heavy atom. The number of hydrogen-bond donors (Lipinski definition) is 1. The number of pyridine rings is 1. The summed E-state index contributed by atoms with van der Waals surface area (Å²) in [5.74, 6) is 1.05. The van der Waals surface area contributed by atoms with Crippen LogP contribution in [-0.4, -0.2) is 29.1 Å². The fourth-order valence-electron chi connectivity index (χ4n) is 2.33. The van der Waals surface area contributed by atoms with Crippen molar-refractivity contribution in [1.82, 2.24) is 4.98 Å². The van der Waals surface area contributed by atoms with Crippen LogP contribution in [0, 0.1) is 0 Å². The van der Waals surface area contributed by atoms with E-state index in [1.807, 2.05) is 36.5 Å². The van der Waals surface area contributed by atoms with Crippen LogP contribution >= 0.6 is 0 Å². The van der Waals surface area contributed by atoms with E-state index in [1.165, 1.54) is 18.4 Å². The third kappa shape index (κ3) is 5.98. The van der Waals surface area contributed by atoms with Crippen molar-refractivity contribution in [3.05, 3.63) is 54.2 Å². The maximum atomic E-state index is 9.00. The second-order valence-electron chi connectivity index (χ2n) is 5.34. The molecule has 2 aromatic rings. The zero-order valence-corrected chi connectivity index (χ0v) is 13.3. The predicted molar refractivity (Wildman–Crippen MR) is 89.8 cm³/mol. The van der Waals surface area contributed by atoms with Crippen molar-refractivity contribution in [3.63, 3.8) is 0 Å². The molecular weight excluding hydrogens is 292 g/mol.